The van der Waals surface area contributed by atoms with E-state index >= 15 is 0 Å². The molecule has 5 nitrogen and oxygen atoms in total. The predicted molar refractivity (Wildman–Crippen MR) is 74.3 cm³/mol. The Morgan fingerprint density at radius 2 is 1.63 bits per heavy atom. The fraction of sp³-hybridized carbons (Fsp3) is 0.500. The molecule has 0 bridgehead atoms. The molecule has 0 aliphatic heterocycles. The van der Waals surface area contributed by atoms with Gasteiger partial charge in [0.05, 0.1) is 27.7 Å². The van der Waals surface area contributed by atoms with Crippen LogP contribution in [0, 0.1) is 0 Å². The van der Waals surface area contributed by atoms with Crippen molar-refractivity contribution in [3.05, 3.63) is 25.3 Å². The molecule has 0 rings (SSSR count). The monoisotopic (exact) mass is 301 g/mol. The van der Waals surface area contributed by atoms with Crippen LogP contribution in [0.5, 0.6) is 0 Å². The number of carboxylic acid groups (broad SMARTS) is 1. The summed E-state index contributed by atoms with van der Waals surface area (Å²) in [7, 11) is 6.40. The van der Waals surface area contributed by atoms with E-state index < -0.39 is 5.97 Å². The van der Waals surface area contributed by atoms with E-state index in [2.05, 4.69) is 39.6 Å². The third kappa shape index (κ3) is 31.9. The van der Waals surface area contributed by atoms with Gasteiger partial charge in [0.1, 0.15) is 0 Å². The molecule has 0 saturated carbocycles. The normalized spacial score (nSPS) is 8.58. The molecule has 107 valence electrons. The largest absolute Gasteiger partial charge is 1.00 e. The van der Waals surface area contributed by atoms with Crippen molar-refractivity contribution < 1.29 is 31.6 Å². The van der Waals surface area contributed by atoms with Crippen LogP contribution in [0.1, 0.15) is 6.42 Å². The first-order valence-corrected chi connectivity index (χ1v) is 5.29. The molecule has 0 aromatic carbocycles. The molecule has 0 atom stereocenters. The minimum Gasteiger partial charge on any atom is -1.00 e. The summed E-state index contributed by atoms with van der Waals surface area (Å²) in [5.41, 5.74) is 0. The topological polar surface area (TPSA) is 66.4 Å². The van der Waals surface area contributed by atoms with E-state index in [1.54, 1.807) is 0 Å². The average molecular weight is 302 g/mol. The van der Waals surface area contributed by atoms with Crippen molar-refractivity contribution in [2.75, 3.05) is 34.2 Å². The van der Waals surface area contributed by atoms with E-state index in [0.29, 0.717) is 0 Å². The Labute approximate surface area is 144 Å². The number of rotatable bonds is 6. The molecule has 0 heterocycles. The van der Waals surface area contributed by atoms with Crippen molar-refractivity contribution >= 4 is 41.4 Å². The molecular weight excluding hydrogens is 279 g/mol. The van der Waals surface area contributed by atoms with E-state index in [1.165, 1.54) is 6.08 Å². The number of quaternary nitrogens is 1. The van der Waals surface area contributed by atoms with E-state index in [-0.39, 0.29) is 47.9 Å². The van der Waals surface area contributed by atoms with Gasteiger partial charge in [-0.25, -0.2) is 4.79 Å². The Morgan fingerprint density at radius 1 is 1.21 bits per heavy atom. The molecule has 0 aromatic heterocycles. The summed E-state index contributed by atoms with van der Waals surface area (Å²) in [5.74, 6) is -1.07. The smallest absolute Gasteiger partial charge is 0.327 e. The second-order valence-corrected chi connectivity index (χ2v) is 4.40. The fourth-order valence-corrected chi connectivity index (χ4v) is 0.837. The zero-order valence-corrected chi connectivity index (χ0v) is 15.0. The maximum absolute atomic E-state index is 10.7. The number of nitrogens with one attached hydrogen (secondary N) is 1. The Hall–Kier alpha value is -0.330. The molecule has 1 radical (unpaired) electrons. The summed E-state index contributed by atoms with van der Waals surface area (Å²) in [6.07, 6.45) is 3.13. The van der Waals surface area contributed by atoms with E-state index in [4.69, 9.17) is 5.11 Å². The summed E-state index contributed by atoms with van der Waals surface area (Å²) in [5, 5.41) is 10.3. The Balaban J connectivity index is -0.000000139. The van der Waals surface area contributed by atoms with Crippen LogP contribution in [0.15, 0.2) is 25.3 Å². The van der Waals surface area contributed by atoms with Gasteiger partial charge in [-0.1, -0.05) is 13.2 Å². The fourth-order valence-electron chi connectivity index (χ4n) is 0.837. The second kappa shape index (κ2) is 15.7. The van der Waals surface area contributed by atoms with Crippen LogP contribution in [0.2, 0.25) is 0 Å². The van der Waals surface area contributed by atoms with Gasteiger partial charge in [-0.2, -0.15) is 0 Å². The van der Waals surface area contributed by atoms with Gasteiger partial charge in [0.2, 0.25) is 5.91 Å². The number of carbonyl (C=O) groups is 2. The van der Waals surface area contributed by atoms with Crippen molar-refractivity contribution in [3.63, 3.8) is 0 Å². The van der Waals surface area contributed by atoms with E-state index in [9.17, 15) is 9.59 Å². The number of hydrogen-bond donors (Lipinski definition) is 2. The number of carbonyl (C=O) groups excluding carboxylic acids is 1. The average Bonchev–Trinajstić information content (AvgIpc) is 2.23. The molecule has 0 aliphatic carbocycles. The van der Waals surface area contributed by atoms with Crippen molar-refractivity contribution in [3.8, 4) is 0 Å². The first kappa shape index (κ1) is 27.1. The summed E-state index contributed by atoms with van der Waals surface area (Å²) in [6.45, 7) is 8.14. The summed E-state index contributed by atoms with van der Waals surface area (Å²) in [6, 6.07) is 0. The minimum atomic E-state index is -0.981. The first-order chi connectivity index (χ1) is 7.72. The van der Waals surface area contributed by atoms with Crippen LogP contribution in [0.4, 0.5) is 0 Å². The molecule has 2 N–H and O–H groups in total. The first-order valence-electron chi connectivity index (χ1n) is 5.29. The number of carboxylic acids is 1. The number of nitrogens with zero attached hydrogens (tertiary/aromatic N) is 1. The SMILES string of the molecule is C=CC(=O)NCCC[N+](C)(C)C.C=CC(=O)O.[Cl-].[Na]. The van der Waals surface area contributed by atoms with Gasteiger partial charge in [-0.15, -0.1) is 0 Å². The molecule has 0 fully saturated rings. The van der Waals surface area contributed by atoms with Gasteiger partial charge in [0.15, 0.2) is 0 Å². The van der Waals surface area contributed by atoms with Crippen LogP contribution in [0.25, 0.3) is 0 Å². The third-order valence-electron chi connectivity index (χ3n) is 1.66. The second-order valence-electron chi connectivity index (χ2n) is 4.40. The maximum atomic E-state index is 10.7. The van der Waals surface area contributed by atoms with Gasteiger partial charge in [0, 0.05) is 48.6 Å². The Kier molecular flexibility index (Phi) is 22.4. The minimum absolute atomic E-state index is 0. The van der Waals surface area contributed by atoms with Crippen LogP contribution >= 0.6 is 0 Å². The molecular formula is C12H23ClN2NaO3. The Morgan fingerprint density at radius 3 is 1.89 bits per heavy atom. The van der Waals surface area contributed by atoms with Gasteiger partial charge in [-0.05, 0) is 6.08 Å². The van der Waals surface area contributed by atoms with Gasteiger partial charge < -0.3 is 27.3 Å². The molecule has 19 heavy (non-hydrogen) atoms. The zero-order valence-electron chi connectivity index (χ0n) is 12.3. The number of aliphatic carboxylic acids is 1. The molecule has 0 unspecified atom stereocenters. The molecule has 1 amide bonds. The van der Waals surface area contributed by atoms with Crippen molar-refractivity contribution in [2.45, 2.75) is 6.42 Å². The van der Waals surface area contributed by atoms with Gasteiger partial charge in [-0.3, -0.25) is 4.79 Å². The van der Waals surface area contributed by atoms with Crippen LogP contribution in [-0.2, 0) is 9.59 Å². The summed E-state index contributed by atoms with van der Waals surface area (Å²) >= 11 is 0. The van der Waals surface area contributed by atoms with Gasteiger partial charge in [0.25, 0.3) is 0 Å². The van der Waals surface area contributed by atoms with E-state index in [1.807, 2.05) is 0 Å². The molecule has 0 aliphatic rings. The summed E-state index contributed by atoms with van der Waals surface area (Å²) in [4.78, 5) is 20.0. The van der Waals surface area contributed by atoms with Crippen LogP contribution < -0.4 is 17.7 Å². The number of halogens is 1. The van der Waals surface area contributed by atoms with Crippen molar-refractivity contribution in [1.29, 1.82) is 0 Å². The zero-order chi connectivity index (χ0) is 13.9. The van der Waals surface area contributed by atoms with Crippen LogP contribution in [0.3, 0.4) is 0 Å². The molecule has 0 saturated heterocycles. The standard InChI is InChI=1S/C9H18N2O.C3H4O2.ClH.Na/c1-5-9(12)10-7-6-8-11(2,3)4;1-2-3(4)5;;/h5H,1,6-8H2,2-4H3;2H,1H2,(H,4,5);1H;. The molecule has 0 aromatic rings. The third-order valence-corrected chi connectivity index (χ3v) is 1.66. The maximum Gasteiger partial charge on any atom is 0.327 e. The summed E-state index contributed by atoms with van der Waals surface area (Å²) < 4.78 is 0.934. The number of amides is 1. The quantitative estimate of drug-likeness (QED) is 0.242. The number of hydrogen-bond acceptors (Lipinski definition) is 2. The van der Waals surface area contributed by atoms with E-state index in [0.717, 1.165) is 30.1 Å². The molecule has 7 heteroatoms. The van der Waals surface area contributed by atoms with Crippen molar-refractivity contribution in [1.82, 2.24) is 5.32 Å². The Bertz CT molecular complexity index is 279. The van der Waals surface area contributed by atoms with Crippen LogP contribution in [-0.4, -0.2) is 85.3 Å². The van der Waals surface area contributed by atoms with Crippen molar-refractivity contribution in [2.24, 2.45) is 0 Å². The van der Waals surface area contributed by atoms with Gasteiger partial charge >= 0.3 is 5.97 Å². The predicted octanol–water partition coefficient (Wildman–Crippen LogP) is -2.73. The molecule has 0 spiro atoms.